The normalized spacial score (nSPS) is 10.5. The summed E-state index contributed by atoms with van der Waals surface area (Å²) >= 11 is 0. The fourth-order valence-corrected chi connectivity index (χ4v) is 1.94. The number of halogens is 1. The number of ketones is 1. The number of hydrogen-bond acceptors (Lipinski definition) is 3. The van der Waals surface area contributed by atoms with E-state index in [-0.39, 0.29) is 24.3 Å². The van der Waals surface area contributed by atoms with Crippen LogP contribution in [0.4, 0.5) is 0 Å². The minimum absolute atomic E-state index is 0. The molecule has 0 atom stereocenters. The topological polar surface area (TPSA) is 29.5 Å². The van der Waals surface area contributed by atoms with E-state index in [2.05, 4.69) is 18.7 Å². The summed E-state index contributed by atoms with van der Waals surface area (Å²) < 4.78 is 5.56. The molecule has 3 nitrogen and oxygen atoms in total. The Bertz CT molecular complexity index is 386. The van der Waals surface area contributed by atoms with Crippen LogP contribution in [0.5, 0.6) is 5.75 Å². The molecule has 0 N–H and O–H groups in total. The van der Waals surface area contributed by atoms with Crippen LogP contribution in [-0.2, 0) is 0 Å². The summed E-state index contributed by atoms with van der Waals surface area (Å²) in [5.41, 5.74) is 0.767. The van der Waals surface area contributed by atoms with Crippen LogP contribution in [0.2, 0.25) is 0 Å². The number of hydrogen-bond donors (Lipinski definition) is 0. The maximum absolute atomic E-state index is 12.0. The van der Waals surface area contributed by atoms with Crippen LogP contribution < -0.4 is 4.74 Å². The van der Waals surface area contributed by atoms with E-state index in [1.54, 1.807) is 0 Å². The van der Waals surface area contributed by atoms with Gasteiger partial charge in [-0.3, -0.25) is 4.79 Å². The van der Waals surface area contributed by atoms with E-state index < -0.39 is 0 Å². The first-order valence-electron chi connectivity index (χ1n) is 7.09. The lowest BCUT2D eigenvalue weighted by Crippen LogP contribution is -2.25. The average Bonchev–Trinajstić information content (AvgIpc) is 2.39. The first kappa shape index (κ1) is 18.9. The number of carbonyl (C=O) groups is 1. The Morgan fingerprint density at radius 2 is 1.70 bits per heavy atom. The molecule has 1 aromatic carbocycles. The number of ether oxygens (including phenoxy) is 1. The zero-order chi connectivity index (χ0) is 14.3. The van der Waals surface area contributed by atoms with Gasteiger partial charge in [0.15, 0.2) is 5.78 Å². The van der Waals surface area contributed by atoms with Crippen molar-refractivity contribution in [1.82, 2.24) is 4.90 Å². The molecule has 0 aromatic heterocycles. The fraction of sp³-hybridized carbons (Fsp3) is 0.562. The van der Waals surface area contributed by atoms with Crippen LogP contribution in [0.1, 0.15) is 44.5 Å². The van der Waals surface area contributed by atoms with Gasteiger partial charge in [-0.1, -0.05) is 13.8 Å². The molecular weight excluding hydrogens is 274 g/mol. The molecule has 0 aliphatic rings. The van der Waals surface area contributed by atoms with E-state index in [4.69, 9.17) is 4.74 Å². The van der Waals surface area contributed by atoms with Crippen molar-refractivity contribution in [3.63, 3.8) is 0 Å². The first-order valence-corrected chi connectivity index (χ1v) is 7.09. The quantitative estimate of drug-likeness (QED) is 0.684. The molecule has 1 rings (SSSR count). The number of rotatable bonds is 8. The molecule has 1 aromatic rings. The monoisotopic (exact) mass is 299 g/mol. The van der Waals surface area contributed by atoms with Crippen molar-refractivity contribution in [2.24, 2.45) is 0 Å². The number of Topliss-reactive ketones (excluding diaryl/α,β-unsaturated/α-hetero) is 1. The standard InChI is InChI=1S/C16H25NO2.ClH/c1-5-17(6-2)12-11-16(18)14-7-9-15(10-8-14)19-13(3)4;/h7-10,13H,5-6,11-12H2,1-4H3;1H. The van der Waals surface area contributed by atoms with Gasteiger partial charge in [-0.25, -0.2) is 0 Å². The molecule has 0 saturated carbocycles. The zero-order valence-electron chi connectivity index (χ0n) is 12.9. The van der Waals surface area contributed by atoms with Crippen LogP contribution in [-0.4, -0.2) is 36.4 Å². The number of benzene rings is 1. The van der Waals surface area contributed by atoms with Crippen molar-refractivity contribution in [3.05, 3.63) is 29.8 Å². The fourth-order valence-electron chi connectivity index (χ4n) is 1.94. The molecule has 4 heteroatoms. The van der Waals surface area contributed by atoms with E-state index in [0.29, 0.717) is 6.42 Å². The van der Waals surface area contributed by atoms with Crippen LogP contribution in [0.25, 0.3) is 0 Å². The van der Waals surface area contributed by atoms with Gasteiger partial charge >= 0.3 is 0 Å². The van der Waals surface area contributed by atoms with Crippen LogP contribution in [0, 0.1) is 0 Å². The summed E-state index contributed by atoms with van der Waals surface area (Å²) in [6.45, 7) is 11.0. The van der Waals surface area contributed by atoms with Crippen molar-refractivity contribution in [2.75, 3.05) is 19.6 Å². The van der Waals surface area contributed by atoms with E-state index in [1.165, 1.54) is 0 Å². The highest BCUT2D eigenvalue weighted by Gasteiger charge is 2.08. The van der Waals surface area contributed by atoms with Gasteiger partial charge in [0.25, 0.3) is 0 Å². The third-order valence-corrected chi connectivity index (χ3v) is 3.10. The van der Waals surface area contributed by atoms with E-state index in [0.717, 1.165) is 30.9 Å². The van der Waals surface area contributed by atoms with Gasteiger partial charge in [-0.05, 0) is 51.2 Å². The predicted octanol–water partition coefficient (Wildman–Crippen LogP) is 3.81. The van der Waals surface area contributed by atoms with Gasteiger partial charge < -0.3 is 9.64 Å². The Morgan fingerprint density at radius 1 is 1.15 bits per heavy atom. The Hall–Kier alpha value is -1.06. The number of nitrogens with zero attached hydrogens (tertiary/aromatic N) is 1. The molecular formula is C16H26ClNO2. The summed E-state index contributed by atoms with van der Waals surface area (Å²) in [4.78, 5) is 14.3. The molecule has 0 amide bonds. The zero-order valence-corrected chi connectivity index (χ0v) is 13.7. The third kappa shape index (κ3) is 6.40. The second kappa shape index (κ2) is 9.78. The maximum atomic E-state index is 12.0. The van der Waals surface area contributed by atoms with Crippen LogP contribution in [0.15, 0.2) is 24.3 Å². The van der Waals surface area contributed by atoms with Crippen molar-refractivity contribution in [2.45, 2.75) is 40.2 Å². The summed E-state index contributed by atoms with van der Waals surface area (Å²) in [6.07, 6.45) is 0.732. The molecule has 0 heterocycles. The molecule has 0 aliphatic carbocycles. The first-order chi connectivity index (χ1) is 9.06. The molecule has 0 unspecified atom stereocenters. The molecule has 114 valence electrons. The van der Waals surface area contributed by atoms with Crippen molar-refractivity contribution >= 4 is 18.2 Å². The molecule has 0 bridgehead atoms. The van der Waals surface area contributed by atoms with Gasteiger partial charge in [-0.15, -0.1) is 12.4 Å². The average molecular weight is 300 g/mol. The highest BCUT2D eigenvalue weighted by molar-refractivity contribution is 5.96. The van der Waals surface area contributed by atoms with Gasteiger partial charge in [-0.2, -0.15) is 0 Å². The summed E-state index contributed by atoms with van der Waals surface area (Å²) in [5.74, 6) is 1.01. The Kier molecular flexibility index (Phi) is 9.26. The van der Waals surface area contributed by atoms with Crippen molar-refractivity contribution in [1.29, 1.82) is 0 Å². The molecule has 0 radical (unpaired) electrons. The van der Waals surface area contributed by atoms with Crippen molar-refractivity contribution < 1.29 is 9.53 Å². The lowest BCUT2D eigenvalue weighted by atomic mass is 10.1. The smallest absolute Gasteiger partial charge is 0.164 e. The number of carbonyl (C=O) groups excluding carboxylic acids is 1. The van der Waals surface area contributed by atoms with Gasteiger partial charge in [0, 0.05) is 18.5 Å². The Morgan fingerprint density at radius 3 is 2.15 bits per heavy atom. The van der Waals surface area contributed by atoms with Gasteiger partial charge in [0.1, 0.15) is 5.75 Å². The third-order valence-electron chi connectivity index (χ3n) is 3.10. The van der Waals surface area contributed by atoms with E-state index in [9.17, 15) is 4.79 Å². The van der Waals surface area contributed by atoms with Crippen LogP contribution >= 0.6 is 12.4 Å². The SMILES string of the molecule is CCN(CC)CCC(=O)c1ccc(OC(C)C)cc1.Cl. The maximum Gasteiger partial charge on any atom is 0.164 e. The summed E-state index contributed by atoms with van der Waals surface area (Å²) in [6, 6.07) is 7.43. The summed E-state index contributed by atoms with van der Waals surface area (Å²) in [5, 5.41) is 0. The van der Waals surface area contributed by atoms with E-state index in [1.807, 2.05) is 38.1 Å². The Balaban J connectivity index is 0.00000361. The second-order valence-electron chi connectivity index (χ2n) is 4.89. The highest BCUT2D eigenvalue weighted by atomic mass is 35.5. The molecule has 0 aliphatic heterocycles. The minimum atomic E-state index is 0. The second-order valence-corrected chi connectivity index (χ2v) is 4.89. The van der Waals surface area contributed by atoms with E-state index >= 15 is 0 Å². The highest BCUT2D eigenvalue weighted by Crippen LogP contribution is 2.15. The van der Waals surface area contributed by atoms with Crippen molar-refractivity contribution in [3.8, 4) is 5.75 Å². The van der Waals surface area contributed by atoms with Gasteiger partial charge in [0.2, 0.25) is 0 Å². The largest absolute Gasteiger partial charge is 0.491 e. The minimum Gasteiger partial charge on any atom is -0.491 e. The van der Waals surface area contributed by atoms with Gasteiger partial charge in [0.05, 0.1) is 6.10 Å². The Labute approximate surface area is 128 Å². The molecule has 0 fully saturated rings. The molecule has 0 spiro atoms. The molecule has 0 saturated heterocycles. The summed E-state index contributed by atoms with van der Waals surface area (Å²) in [7, 11) is 0. The lowest BCUT2D eigenvalue weighted by Gasteiger charge is -2.17. The lowest BCUT2D eigenvalue weighted by molar-refractivity contribution is 0.0966. The molecule has 20 heavy (non-hydrogen) atoms. The van der Waals surface area contributed by atoms with Crippen LogP contribution in [0.3, 0.4) is 0 Å². The predicted molar refractivity (Wildman–Crippen MR) is 86.2 cm³/mol.